The maximum absolute atomic E-state index is 12.1. The first-order chi connectivity index (χ1) is 7.50. The Balaban J connectivity index is 2.51. The van der Waals surface area contributed by atoms with Gasteiger partial charge in [-0.15, -0.1) is 0 Å². The van der Waals surface area contributed by atoms with E-state index in [0.717, 1.165) is 17.5 Å². The van der Waals surface area contributed by atoms with Crippen LogP contribution in [0.3, 0.4) is 0 Å². The third-order valence-corrected chi connectivity index (χ3v) is 3.59. The van der Waals surface area contributed by atoms with Crippen molar-refractivity contribution in [1.29, 1.82) is 0 Å². The van der Waals surface area contributed by atoms with Crippen LogP contribution in [0.25, 0.3) is 0 Å². The van der Waals surface area contributed by atoms with E-state index in [2.05, 4.69) is 6.92 Å². The normalized spacial score (nSPS) is 24.1. The summed E-state index contributed by atoms with van der Waals surface area (Å²) in [4.78, 5) is 23.4. The van der Waals surface area contributed by atoms with E-state index in [0.29, 0.717) is 11.5 Å². The van der Waals surface area contributed by atoms with Crippen LogP contribution in [0.4, 0.5) is 0 Å². The van der Waals surface area contributed by atoms with Crippen molar-refractivity contribution in [3.8, 4) is 0 Å². The molecule has 1 aromatic carbocycles. The molecule has 16 heavy (non-hydrogen) atoms. The van der Waals surface area contributed by atoms with Gasteiger partial charge in [-0.2, -0.15) is 0 Å². The summed E-state index contributed by atoms with van der Waals surface area (Å²) in [5, 5.41) is 0. The smallest absolute Gasteiger partial charge is 0.166 e. The van der Waals surface area contributed by atoms with E-state index in [4.69, 9.17) is 0 Å². The lowest BCUT2D eigenvalue weighted by Gasteiger charge is -2.26. The molecule has 0 heterocycles. The van der Waals surface area contributed by atoms with Gasteiger partial charge < -0.3 is 0 Å². The Morgan fingerprint density at radius 1 is 1.31 bits per heavy atom. The fraction of sp³-hybridized carbons (Fsp3) is 0.429. The molecule has 0 fully saturated rings. The van der Waals surface area contributed by atoms with Crippen molar-refractivity contribution in [2.24, 2.45) is 11.8 Å². The molecule has 1 aliphatic carbocycles. The summed E-state index contributed by atoms with van der Waals surface area (Å²) in [7, 11) is 0. The quantitative estimate of drug-likeness (QED) is 0.676. The van der Waals surface area contributed by atoms with Crippen molar-refractivity contribution in [2.45, 2.75) is 27.2 Å². The zero-order chi connectivity index (χ0) is 11.9. The molecule has 0 aliphatic heterocycles. The van der Waals surface area contributed by atoms with E-state index in [9.17, 15) is 9.59 Å². The van der Waals surface area contributed by atoms with E-state index in [1.54, 1.807) is 6.07 Å². The average Bonchev–Trinajstić information content (AvgIpc) is 2.25. The van der Waals surface area contributed by atoms with Crippen LogP contribution in [-0.2, 0) is 6.42 Å². The van der Waals surface area contributed by atoms with Crippen LogP contribution >= 0.6 is 0 Å². The monoisotopic (exact) mass is 216 g/mol. The Morgan fingerprint density at radius 3 is 2.62 bits per heavy atom. The van der Waals surface area contributed by atoms with Crippen LogP contribution in [-0.4, -0.2) is 11.6 Å². The van der Waals surface area contributed by atoms with Gasteiger partial charge in [-0.3, -0.25) is 9.59 Å². The Kier molecular flexibility index (Phi) is 2.66. The van der Waals surface area contributed by atoms with Crippen molar-refractivity contribution in [2.75, 3.05) is 0 Å². The largest absolute Gasteiger partial charge is 0.295 e. The van der Waals surface area contributed by atoms with Crippen LogP contribution in [0.15, 0.2) is 18.2 Å². The first-order valence-corrected chi connectivity index (χ1v) is 5.68. The van der Waals surface area contributed by atoms with Crippen LogP contribution in [0.1, 0.15) is 47.1 Å². The van der Waals surface area contributed by atoms with Gasteiger partial charge in [-0.1, -0.05) is 26.0 Å². The van der Waals surface area contributed by atoms with E-state index < -0.39 is 0 Å². The van der Waals surface area contributed by atoms with Crippen LogP contribution < -0.4 is 0 Å². The summed E-state index contributed by atoms with van der Waals surface area (Å²) >= 11 is 0. The molecular weight excluding hydrogens is 200 g/mol. The number of hydrogen-bond donors (Lipinski definition) is 0. The molecule has 0 spiro atoms. The van der Waals surface area contributed by atoms with Crippen molar-refractivity contribution < 1.29 is 9.59 Å². The third kappa shape index (κ3) is 1.69. The molecule has 84 valence electrons. The van der Waals surface area contributed by atoms with Gasteiger partial charge in [0, 0.05) is 17.0 Å². The fourth-order valence-electron chi connectivity index (χ4n) is 2.23. The van der Waals surface area contributed by atoms with Crippen molar-refractivity contribution >= 4 is 11.6 Å². The topological polar surface area (TPSA) is 34.1 Å². The van der Waals surface area contributed by atoms with Gasteiger partial charge in [0.25, 0.3) is 0 Å². The molecule has 0 saturated heterocycles. The molecule has 1 aliphatic rings. The number of ketones is 2. The number of fused-ring (bicyclic) bond motifs is 1. The lowest BCUT2D eigenvalue weighted by molar-refractivity contribution is 0.0877. The van der Waals surface area contributed by atoms with Crippen molar-refractivity contribution in [3.05, 3.63) is 34.9 Å². The summed E-state index contributed by atoms with van der Waals surface area (Å²) in [6, 6.07) is 5.49. The Labute approximate surface area is 95.7 Å². The van der Waals surface area contributed by atoms with Crippen molar-refractivity contribution in [1.82, 2.24) is 0 Å². The van der Waals surface area contributed by atoms with Gasteiger partial charge in [0.05, 0.1) is 0 Å². The number of hydrogen-bond acceptors (Lipinski definition) is 2. The average molecular weight is 216 g/mol. The molecule has 0 bridgehead atoms. The second-order valence-corrected chi connectivity index (χ2v) is 4.76. The molecule has 0 amide bonds. The summed E-state index contributed by atoms with van der Waals surface area (Å²) < 4.78 is 0. The zero-order valence-corrected chi connectivity index (χ0v) is 9.91. The number of carbonyl (C=O) groups excluding carboxylic acids is 2. The van der Waals surface area contributed by atoms with E-state index in [1.807, 2.05) is 19.1 Å². The Hall–Kier alpha value is -1.44. The summed E-state index contributed by atoms with van der Waals surface area (Å²) in [6.07, 6.45) is 0.931. The van der Waals surface area contributed by atoms with Gasteiger partial charge >= 0.3 is 0 Å². The molecule has 2 heteroatoms. The first kappa shape index (κ1) is 11.1. The van der Waals surface area contributed by atoms with Crippen molar-refractivity contribution in [3.63, 3.8) is 0 Å². The highest BCUT2D eigenvalue weighted by atomic mass is 16.1. The number of benzene rings is 1. The molecule has 2 atom stereocenters. The second kappa shape index (κ2) is 3.85. The molecule has 0 saturated carbocycles. The minimum atomic E-state index is 0.0156. The van der Waals surface area contributed by atoms with E-state index in [-0.39, 0.29) is 17.5 Å². The van der Waals surface area contributed by atoms with Gasteiger partial charge in [0.15, 0.2) is 11.6 Å². The van der Waals surface area contributed by atoms with Crippen LogP contribution in [0.5, 0.6) is 0 Å². The second-order valence-electron chi connectivity index (χ2n) is 4.76. The highest BCUT2D eigenvalue weighted by Crippen LogP contribution is 2.30. The molecule has 2 nitrogen and oxygen atoms in total. The van der Waals surface area contributed by atoms with E-state index >= 15 is 0 Å². The Morgan fingerprint density at radius 2 is 2.00 bits per heavy atom. The minimum Gasteiger partial charge on any atom is -0.295 e. The highest BCUT2D eigenvalue weighted by molar-refractivity contribution is 6.03. The van der Waals surface area contributed by atoms with Gasteiger partial charge in [0.2, 0.25) is 0 Å². The maximum Gasteiger partial charge on any atom is 0.166 e. The first-order valence-electron chi connectivity index (χ1n) is 5.68. The highest BCUT2D eigenvalue weighted by Gasteiger charge is 2.29. The molecule has 0 radical (unpaired) electrons. The molecule has 2 rings (SSSR count). The van der Waals surface area contributed by atoms with Gasteiger partial charge in [-0.25, -0.2) is 0 Å². The Bertz CT molecular complexity index is 460. The minimum absolute atomic E-state index is 0.0156. The summed E-state index contributed by atoms with van der Waals surface area (Å²) in [5.41, 5.74) is 2.47. The predicted molar refractivity (Wildman–Crippen MR) is 62.8 cm³/mol. The van der Waals surface area contributed by atoms with E-state index in [1.165, 1.54) is 6.92 Å². The maximum atomic E-state index is 12.1. The number of Topliss-reactive ketones (excluding diaryl/α,β-unsaturated/α-hetero) is 2. The lowest BCUT2D eigenvalue weighted by Crippen LogP contribution is -2.27. The fourth-order valence-corrected chi connectivity index (χ4v) is 2.23. The third-order valence-electron chi connectivity index (χ3n) is 3.59. The SMILES string of the molecule is CC(=O)c1ccc2c(c1)C(=O)C(C)C(C)C2. The number of carbonyl (C=O) groups is 2. The molecular formula is C14H16O2. The number of rotatable bonds is 1. The van der Waals surface area contributed by atoms with Gasteiger partial charge in [0.1, 0.15) is 0 Å². The standard InChI is InChI=1S/C14H16O2/c1-8-6-12-5-4-11(10(3)15)7-13(12)14(16)9(8)2/h4-5,7-9H,6H2,1-3H3. The molecule has 1 aromatic rings. The van der Waals surface area contributed by atoms with Crippen LogP contribution in [0, 0.1) is 11.8 Å². The molecule has 0 aromatic heterocycles. The summed E-state index contributed by atoms with van der Waals surface area (Å²) in [5.74, 6) is 0.650. The summed E-state index contributed by atoms with van der Waals surface area (Å²) in [6.45, 7) is 5.60. The molecule has 2 unspecified atom stereocenters. The zero-order valence-electron chi connectivity index (χ0n) is 9.91. The molecule has 0 N–H and O–H groups in total. The van der Waals surface area contributed by atoms with Gasteiger partial charge in [-0.05, 0) is 30.9 Å². The lowest BCUT2D eigenvalue weighted by atomic mass is 9.76. The predicted octanol–water partition coefficient (Wildman–Crippen LogP) is 2.90. The van der Waals surface area contributed by atoms with Crippen LogP contribution in [0.2, 0.25) is 0 Å².